The van der Waals surface area contributed by atoms with Crippen molar-refractivity contribution in [2.75, 3.05) is 0 Å². The number of rotatable bonds is 6. The molecule has 23 heavy (non-hydrogen) atoms. The zero-order valence-electron chi connectivity index (χ0n) is 13.2. The lowest BCUT2D eigenvalue weighted by atomic mass is 10.1. The van der Waals surface area contributed by atoms with Crippen LogP contribution in [0.2, 0.25) is 0 Å². The average Bonchev–Trinajstić information content (AvgIpc) is 3.07. The van der Waals surface area contributed by atoms with E-state index in [1.807, 2.05) is 0 Å². The second-order valence-corrected chi connectivity index (χ2v) is 5.93. The van der Waals surface area contributed by atoms with Crippen LogP contribution < -0.4 is 10.6 Å². The number of carbonyl (C=O) groups is 3. The fraction of sp³-hybridized carbons (Fsp3) is 0.471. The lowest BCUT2D eigenvalue weighted by molar-refractivity contribution is -0.130. The molecule has 1 fully saturated rings. The molecule has 1 aromatic rings. The number of hydrogen-bond acceptors (Lipinski definition) is 3. The first kappa shape index (κ1) is 17.0. The lowest BCUT2D eigenvalue weighted by Crippen LogP contribution is -2.46. The molecule has 2 amide bonds. The lowest BCUT2D eigenvalue weighted by Gasteiger charge is -2.16. The quantitative estimate of drug-likeness (QED) is 0.744. The number of carboxylic acids is 1. The van der Waals surface area contributed by atoms with Crippen molar-refractivity contribution in [3.8, 4) is 0 Å². The monoisotopic (exact) mass is 318 g/mol. The molecule has 3 N–H and O–H groups in total. The Hall–Kier alpha value is -2.37. The molecule has 6 heteroatoms. The number of carboxylic acid groups (broad SMARTS) is 1. The van der Waals surface area contributed by atoms with Gasteiger partial charge in [-0.15, -0.1) is 0 Å². The molecule has 2 rings (SSSR count). The smallest absolute Gasteiger partial charge is 0.335 e. The maximum Gasteiger partial charge on any atom is 0.335 e. The molecule has 0 bridgehead atoms. The summed E-state index contributed by atoms with van der Waals surface area (Å²) in [6.45, 7) is 1.96. The van der Waals surface area contributed by atoms with E-state index in [1.54, 1.807) is 19.1 Å². The number of carbonyl (C=O) groups excluding carboxylic acids is 2. The van der Waals surface area contributed by atoms with Gasteiger partial charge in [-0.1, -0.05) is 25.0 Å². The number of nitrogens with one attached hydrogen (secondary N) is 2. The Kier molecular flexibility index (Phi) is 5.73. The van der Waals surface area contributed by atoms with Crippen LogP contribution in [0.4, 0.5) is 0 Å². The minimum atomic E-state index is -0.983. The van der Waals surface area contributed by atoms with Gasteiger partial charge in [0.05, 0.1) is 5.56 Å². The summed E-state index contributed by atoms with van der Waals surface area (Å²) in [5, 5.41) is 14.3. The average molecular weight is 318 g/mol. The molecule has 0 aliphatic heterocycles. The van der Waals surface area contributed by atoms with Crippen molar-refractivity contribution in [2.24, 2.45) is 5.92 Å². The van der Waals surface area contributed by atoms with Gasteiger partial charge in [0.15, 0.2) is 0 Å². The zero-order chi connectivity index (χ0) is 16.8. The van der Waals surface area contributed by atoms with Crippen molar-refractivity contribution >= 4 is 17.8 Å². The number of amides is 2. The molecule has 1 saturated carbocycles. The highest BCUT2D eigenvalue weighted by Gasteiger charge is 2.25. The van der Waals surface area contributed by atoms with Crippen LogP contribution in [-0.4, -0.2) is 28.9 Å². The largest absolute Gasteiger partial charge is 0.478 e. The minimum Gasteiger partial charge on any atom is -0.478 e. The molecule has 0 saturated heterocycles. The highest BCUT2D eigenvalue weighted by atomic mass is 16.4. The highest BCUT2D eigenvalue weighted by molar-refractivity contribution is 5.88. The Bertz CT molecular complexity index is 577. The second-order valence-electron chi connectivity index (χ2n) is 5.93. The molecule has 124 valence electrons. The van der Waals surface area contributed by atoms with Gasteiger partial charge in [0, 0.05) is 12.5 Å². The number of benzene rings is 1. The summed E-state index contributed by atoms with van der Waals surface area (Å²) in [6.07, 6.45) is 3.95. The predicted octanol–water partition coefficient (Wildman–Crippen LogP) is 1.70. The van der Waals surface area contributed by atoms with Crippen LogP contribution in [0.25, 0.3) is 0 Å². The normalized spacial score (nSPS) is 15.9. The third kappa shape index (κ3) is 4.81. The van der Waals surface area contributed by atoms with Crippen molar-refractivity contribution < 1.29 is 19.5 Å². The first-order valence-corrected chi connectivity index (χ1v) is 7.87. The summed E-state index contributed by atoms with van der Waals surface area (Å²) in [5.41, 5.74) is 1.01. The van der Waals surface area contributed by atoms with Gasteiger partial charge in [-0.2, -0.15) is 0 Å². The molecule has 0 heterocycles. The Morgan fingerprint density at radius 3 is 2.35 bits per heavy atom. The zero-order valence-corrected chi connectivity index (χ0v) is 13.2. The van der Waals surface area contributed by atoms with Crippen molar-refractivity contribution in [3.05, 3.63) is 35.4 Å². The summed E-state index contributed by atoms with van der Waals surface area (Å²) in [7, 11) is 0. The molecule has 6 nitrogen and oxygen atoms in total. The van der Waals surface area contributed by atoms with Gasteiger partial charge < -0.3 is 15.7 Å². The van der Waals surface area contributed by atoms with Crippen LogP contribution in [-0.2, 0) is 16.1 Å². The fourth-order valence-electron chi connectivity index (χ4n) is 2.69. The minimum absolute atomic E-state index is 0.0359. The van der Waals surface area contributed by atoms with Crippen molar-refractivity contribution in [1.82, 2.24) is 10.6 Å². The summed E-state index contributed by atoms with van der Waals surface area (Å²) in [4.78, 5) is 34.8. The van der Waals surface area contributed by atoms with E-state index in [4.69, 9.17) is 5.11 Å². The van der Waals surface area contributed by atoms with Gasteiger partial charge in [0.2, 0.25) is 11.8 Å². The fourth-order valence-corrected chi connectivity index (χ4v) is 2.69. The first-order chi connectivity index (χ1) is 11.0. The maximum atomic E-state index is 12.0. The third-order valence-electron chi connectivity index (χ3n) is 4.15. The van der Waals surface area contributed by atoms with Gasteiger partial charge in [-0.3, -0.25) is 9.59 Å². The highest BCUT2D eigenvalue weighted by Crippen LogP contribution is 2.24. The summed E-state index contributed by atoms with van der Waals surface area (Å²) in [6, 6.07) is 5.72. The SMILES string of the molecule is CC(NC(=O)C1CCCC1)C(=O)NCc1ccc(C(=O)O)cc1. The van der Waals surface area contributed by atoms with E-state index in [9.17, 15) is 14.4 Å². The summed E-state index contributed by atoms with van der Waals surface area (Å²) < 4.78 is 0. The maximum absolute atomic E-state index is 12.0. The topological polar surface area (TPSA) is 95.5 Å². The predicted molar refractivity (Wildman–Crippen MR) is 84.8 cm³/mol. The van der Waals surface area contributed by atoms with Crippen LogP contribution in [0.1, 0.15) is 48.5 Å². The van der Waals surface area contributed by atoms with Crippen molar-refractivity contribution in [3.63, 3.8) is 0 Å². The van der Waals surface area contributed by atoms with Gasteiger partial charge in [0.1, 0.15) is 6.04 Å². The Morgan fingerprint density at radius 2 is 1.78 bits per heavy atom. The molecule has 1 aliphatic carbocycles. The second kappa shape index (κ2) is 7.76. The van der Waals surface area contributed by atoms with Crippen molar-refractivity contribution in [1.29, 1.82) is 0 Å². The van der Waals surface area contributed by atoms with E-state index < -0.39 is 12.0 Å². The molecule has 1 atom stereocenters. The summed E-state index contributed by atoms with van der Waals surface area (Å²) in [5.74, 6) is -1.24. The van der Waals surface area contributed by atoms with Gasteiger partial charge in [0.25, 0.3) is 0 Å². The van der Waals surface area contributed by atoms with E-state index >= 15 is 0 Å². The standard InChI is InChI=1S/C17H22N2O4/c1-11(19-16(21)13-4-2-3-5-13)15(20)18-10-12-6-8-14(9-7-12)17(22)23/h6-9,11,13H,2-5,10H2,1H3,(H,18,20)(H,19,21)(H,22,23). The number of aromatic carboxylic acids is 1. The van der Waals surface area contributed by atoms with Crippen LogP contribution in [0.5, 0.6) is 0 Å². The molecule has 0 aromatic heterocycles. The first-order valence-electron chi connectivity index (χ1n) is 7.87. The number of hydrogen-bond donors (Lipinski definition) is 3. The Balaban J connectivity index is 1.79. The molecular formula is C17H22N2O4. The molecule has 0 spiro atoms. The van der Waals surface area contributed by atoms with E-state index in [1.165, 1.54) is 12.1 Å². The third-order valence-corrected chi connectivity index (χ3v) is 4.15. The van der Waals surface area contributed by atoms with Crippen molar-refractivity contribution in [2.45, 2.75) is 45.2 Å². The Morgan fingerprint density at radius 1 is 1.17 bits per heavy atom. The van der Waals surface area contributed by atoms with Crippen LogP contribution >= 0.6 is 0 Å². The molecule has 0 radical (unpaired) electrons. The van der Waals surface area contributed by atoms with Crippen LogP contribution in [0, 0.1) is 5.92 Å². The van der Waals surface area contributed by atoms with Crippen LogP contribution in [0.3, 0.4) is 0 Å². The molecule has 1 aromatic carbocycles. The molecular weight excluding hydrogens is 296 g/mol. The van der Waals surface area contributed by atoms with E-state index in [0.29, 0.717) is 6.54 Å². The Labute approximate surface area is 135 Å². The van der Waals surface area contributed by atoms with Gasteiger partial charge in [-0.25, -0.2) is 4.79 Å². The van der Waals surface area contributed by atoms with E-state index in [-0.39, 0.29) is 23.3 Å². The molecule has 1 aliphatic rings. The molecule has 1 unspecified atom stereocenters. The summed E-state index contributed by atoms with van der Waals surface area (Å²) >= 11 is 0. The van der Waals surface area contributed by atoms with E-state index in [0.717, 1.165) is 31.2 Å². The van der Waals surface area contributed by atoms with Crippen LogP contribution in [0.15, 0.2) is 24.3 Å². The van der Waals surface area contributed by atoms with Gasteiger partial charge in [-0.05, 0) is 37.5 Å². The van der Waals surface area contributed by atoms with Gasteiger partial charge >= 0.3 is 5.97 Å². The van der Waals surface area contributed by atoms with E-state index in [2.05, 4.69) is 10.6 Å².